The van der Waals surface area contributed by atoms with Crippen LogP contribution >= 0.6 is 0 Å². The van der Waals surface area contributed by atoms with Crippen molar-refractivity contribution < 1.29 is 4.74 Å². The molecule has 2 bridgehead atoms. The molecule has 0 amide bonds. The van der Waals surface area contributed by atoms with Crippen molar-refractivity contribution in [3.05, 3.63) is 0 Å². The predicted octanol–water partition coefficient (Wildman–Crippen LogP) is 2.26. The van der Waals surface area contributed by atoms with Gasteiger partial charge in [-0.15, -0.1) is 0 Å². The monoisotopic (exact) mass is 266 g/mol. The average molecular weight is 266 g/mol. The quantitative estimate of drug-likeness (QED) is 0.848. The molecule has 0 radical (unpaired) electrons. The number of nitrogens with zero attached hydrogens (tertiary/aromatic N) is 1. The Hall–Kier alpha value is -0.120. The lowest BCUT2D eigenvalue weighted by Gasteiger charge is -2.50. The molecule has 0 spiro atoms. The van der Waals surface area contributed by atoms with Crippen LogP contribution in [0.1, 0.15) is 46.0 Å². The van der Waals surface area contributed by atoms with Gasteiger partial charge in [0.2, 0.25) is 0 Å². The molecule has 2 saturated heterocycles. The molecule has 0 aromatic rings. The number of piperidine rings is 1. The van der Waals surface area contributed by atoms with E-state index < -0.39 is 0 Å². The molecule has 3 aliphatic rings. The van der Waals surface area contributed by atoms with Crippen molar-refractivity contribution in [2.24, 2.45) is 11.8 Å². The zero-order valence-electron chi connectivity index (χ0n) is 12.6. The molecule has 0 aromatic heterocycles. The Balaban J connectivity index is 1.61. The first-order valence-corrected chi connectivity index (χ1v) is 8.32. The lowest BCUT2D eigenvalue weighted by molar-refractivity contribution is 0.0116. The third kappa shape index (κ3) is 3.14. The minimum atomic E-state index is 0.715. The zero-order chi connectivity index (χ0) is 13.2. The van der Waals surface area contributed by atoms with Gasteiger partial charge in [0.25, 0.3) is 0 Å². The Labute approximate surface area is 118 Å². The lowest BCUT2D eigenvalue weighted by Crippen LogP contribution is -2.60. The standard InChI is InChI=1S/C16H30N2O/c1-12(2)18-10-13-4-3-5-14(11-18)16(13)17-15-6-8-19-9-7-15/h12-17H,3-11H2,1-2H3. The predicted molar refractivity (Wildman–Crippen MR) is 78.3 cm³/mol. The molecular formula is C16H30N2O. The van der Waals surface area contributed by atoms with Crippen molar-refractivity contribution in [3.63, 3.8) is 0 Å². The van der Waals surface area contributed by atoms with Crippen molar-refractivity contribution in [1.29, 1.82) is 0 Å². The van der Waals surface area contributed by atoms with Crippen LogP contribution in [-0.4, -0.2) is 49.3 Å². The summed E-state index contributed by atoms with van der Waals surface area (Å²) in [6, 6.07) is 2.21. The van der Waals surface area contributed by atoms with Crippen LogP contribution in [0.3, 0.4) is 0 Å². The highest BCUT2D eigenvalue weighted by Crippen LogP contribution is 2.36. The number of rotatable bonds is 3. The molecule has 1 aliphatic carbocycles. The fourth-order valence-electron chi connectivity index (χ4n) is 4.30. The molecule has 2 aliphatic heterocycles. The van der Waals surface area contributed by atoms with E-state index >= 15 is 0 Å². The van der Waals surface area contributed by atoms with Gasteiger partial charge in [-0.2, -0.15) is 0 Å². The first-order chi connectivity index (χ1) is 9.24. The molecule has 3 nitrogen and oxygen atoms in total. The molecule has 1 N–H and O–H groups in total. The summed E-state index contributed by atoms with van der Waals surface area (Å²) in [7, 11) is 0. The summed E-state index contributed by atoms with van der Waals surface area (Å²) in [5.41, 5.74) is 0. The van der Waals surface area contributed by atoms with E-state index in [0.29, 0.717) is 12.1 Å². The van der Waals surface area contributed by atoms with Crippen LogP contribution in [-0.2, 0) is 4.74 Å². The van der Waals surface area contributed by atoms with Crippen molar-refractivity contribution >= 4 is 0 Å². The number of hydrogen-bond acceptors (Lipinski definition) is 3. The van der Waals surface area contributed by atoms with E-state index in [2.05, 4.69) is 24.1 Å². The normalized spacial score (nSPS) is 37.7. The SMILES string of the molecule is CC(C)N1CC2CCCC(C1)C2NC1CCOCC1. The number of likely N-dealkylation sites (tertiary alicyclic amines) is 1. The Morgan fingerprint density at radius 3 is 2.21 bits per heavy atom. The van der Waals surface area contributed by atoms with Crippen LogP contribution in [0.5, 0.6) is 0 Å². The molecular weight excluding hydrogens is 236 g/mol. The van der Waals surface area contributed by atoms with Gasteiger partial charge in [0.15, 0.2) is 0 Å². The van der Waals surface area contributed by atoms with Crippen molar-refractivity contribution in [2.75, 3.05) is 26.3 Å². The number of ether oxygens (including phenoxy) is 1. The largest absolute Gasteiger partial charge is 0.381 e. The fourth-order valence-corrected chi connectivity index (χ4v) is 4.30. The number of hydrogen-bond donors (Lipinski definition) is 1. The van der Waals surface area contributed by atoms with Crippen LogP contribution in [0, 0.1) is 11.8 Å². The molecule has 0 aromatic carbocycles. The van der Waals surface area contributed by atoms with Crippen LogP contribution in [0.4, 0.5) is 0 Å². The van der Waals surface area contributed by atoms with Crippen LogP contribution in [0.25, 0.3) is 0 Å². The van der Waals surface area contributed by atoms with E-state index in [1.807, 2.05) is 0 Å². The summed E-state index contributed by atoms with van der Waals surface area (Å²) in [6.07, 6.45) is 6.74. The molecule has 3 rings (SSSR count). The van der Waals surface area contributed by atoms with Crippen molar-refractivity contribution in [3.8, 4) is 0 Å². The third-order valence-corrected chi connectivity index (χ3v) is 5.48. The second-order valence-corrected chi connectivity index (χ2v) is 7.08. The molecule has 110 valence electrons. The maximum atomic E-state index is 5.48. The fraction of sp³-hybridized carbons (Fsp3) is 1.00. The zero-order valence-corrected chi connectivity index (χ0v) is 12.6. The van der Waals surface area contributed by atoms with Gasteiger partial charge in [0.05, 0.1) is 0 Å². The molecule has 1 saturated carbocycles. The van der Waals surface area contributed by atoms with E-state index in [1.54, 1.807) is 0 Å². The molecule has 2 atom stereocenters. The summed E-state index contributed by atoms with van der Waals surface area (Å²) in [6.45, 7) is 9.24. The van der Waals surface area contributed by atoms with Crippen molar-refractivity contribution in [1.82, 2.24) is 10.2 Å². The minimum absolute atomic E-state index is 0.715. The topological polar surface area (TPSA) is 24.5 Å². The lowest BCUT2D eigenvalue weighted by atomic mass is 9.72. The Morgan fingerprint density at radius 1 is 1.00 bits per heavy atom. The second-order valence-electron chi connectivity index (χ2n) is 7.08. The summed E-state index contributed by atoms with van der Waals surface area (Å²) >= 11 is 0. The molecule has 3 fully saturated rings. The smallest absolute Gasteiger partial charge is 0.0480 e. The van der Waals surface area contributed by atoms with E-state index in [-0.39, 0.29) is 0 Å². The Kier molecular flexibility index (Phi) is 4.45. The molecule has 19 heavy (non-hydrogen) atoms. The molecule has 3 heteroatoms. The minimum Gasteiger partial charge on any atom is -0.381 e. The van der Waals surface area contributed by atoms with Gasteiger partial charge in [-0.3, -0.25) is 0 Å². The summed E-state index contributed by atoms with van der Waals surface area (Å²) in [5, 5.41) is 4.01. The highest BCUT2D eigenvalue weighted by atomic mass is 16.5. The molecule has 2 heterocycles. The third-order valence-electron chi connectivity index (χ3n) is 5.48. The van der Waals surface area contributed by atoms with Crippen LogP contribution in [0.15, 0.2) is 0 Å². The van der Waals surface area contributed by atoms with Gasteiger partial charge in [-0.1, -0.05) is 6.42 Å². The van der Waals surface area contributed by atoms with Crippen molar-refractivity contribution in [2.45, 2.75) is 64.1 Å². The van der Waals surface area contributed by atoms with E-state index in [1.165, 1.54) is 45.2 Å². The van der Waals surface area contributed by atoms with Gasteiger partial charge in [0.1, 0.15) is 0 Å². The first-order valence-electron chi connectivity index (χ1n) is 8.32. The second kappa shape index (κ2) is 6.11. The van der Waals surface area contributed by atoms with Crippen LogP contribution < -0.4 is 5.32 Å². The Bertz CT molecular complexity index is 274. The van der Waals surface area contributed by atoms with E-state index in [0.717, 1.165) is 31.1 Å². The highest BCUT2D eigenvalue weighted by Gasteiger charge is 2.40. The van der Waals surface area contributed by atoms with Gasteiger partial charge in [0, 0.05) is 44.4 Å². The maximum absolute atomic E-state index is 5.48. The van der Waals surface area contributed by atoms with E-state index in [4.69, 9.17) is 4.74 Å². The summed E-state index contributed by atoms with van der Waals surface area (Å²) < 4.78 is 5.48. The Morgan fingerprint density at radius 2 is 1.63 bits per heavy atom. The maximum Gasteiger partial charge on any atom is 0.0480 e. The van der Waals surface area contributed by atoms with E-state index in [9.17, 15) is 0 Å². The van der Waals surface area contributed by atoms with Gasteiger partial charge in [-0.25, -0.2) is 0 Å². The van der Waals surface area contributed by atoms with Crippen LogP contribution in [0.2, 0.25) is 0 Å². The van der Waals surface area contributed by atoms with Gasteiger partial charge < -0.3 is 15.0 Å². The highest BCUT2D eigenvalue weighted by molar-refractivity contribution is 4.96. The molecule has 2 unspecified atom stereocenters. The first kappa shape index (κ1) is 13.8. The van der Waals surface area contributed by atoms with Gasteiger partial charge in [-0.05, 0) is 51.4 Å². The summed E-state index contributed by atoms with van der Waals surface area (Å²) in [4.78, 5) is 2.71. The number of fused-ring (bicyclic) bond motifs is 2. The van der Waals surface area contributed by atoms with Gasteiger partial charge >= 0.3 is 0 Å². The average Bonchev–Trinajstić information content (AvgIpc) is 2.39. The number of nitrogens with one attached hydrogen (secondary N) is 1. The summed E-state index contributed by atoms with van der Waals surface area (Å²) in [5.74, 6) is 1.77.